The van der Waals surface area contributed by atoms with Crippen LogP contribution in [0.3, 0.4) is 0 Å². The molecule has 2 atom stereocenters. The Balaban J connectivity index is 2.20. The summed E-state index contributed by atoms with van der Waals surface area (Å²) in [5.74, 6) is 1.64. The Kier molecular flexibility index (Phi) is 1.26. The van der Waals surface area contributed by atoms with Crippen molar-refractivity contribution in [3.8, 4) is 5.75 Å². The molecule has 1 aromatic carbocycles. The standard InChI is InChI=1S/C11H6O3/c12-5-7-9-6-3-1-2-4-8(6)14-11(13)10(7)9/h1-4,9-10H. The number of esters is 1. The molecule has 0 spiro atoms. The van der Waals surface area contributed by atoms with Gasteiger partial charge in [-0.25, -0.2) is 4.79 Å². The fourth-order valence-corrected chi connectivity index (χ4v) is 2.00. The zero-order chi connectivity index (χ0) is 9.71. The van der Waals surface area contributed by atoms with Gasteiger partial charge < -0.3 is 4.74 Å². The number of ether oxygens (including phenoxy) is 1. The summed E-state index contributed by atoms with van der Waals surface area (Å²) in [7, 11) is 0. The Morgan fingerprint density at radius 1 is 1.21 bits per heavy atom. The van der Waals surface area contributed by atoms with E-state index in [1.54, 1.807) is 12.1 Å². The van der Waals surface area contributed by atoms with Gasteiger partial charge in [0.15, 0.2) is 0 Å². The Labute approximate surface area is 80.0 Å². The second-order valence-corrected chi connectivity index (χ2v) is 3.47. The summed E-state index contributed by atoms with van der Waals surface area (Å²) in [6.45, 7) is 0. The Hall–Kier alpha value is -1.86. The lowest BCUT2D eigenvalue weighted by Crippen LogP contribution is -2.16. The summed E-state index contributed by atoms with van der Waals surface area (Å²) in [6.07, 6.45) is 0. The quantitative estimate of drug-likeness (QED) is 0.346. The SMILES string of the molecule is O=C=C1C2C(=O)Oc3ccccc3C12. The predicted molar refractivity (Wildman–Crippen MR) is 47.5 cm³/mol. The van der Waals surface area contributed by atoms with Gasteiger partial charge in [-0.05, 0) is 6.07 Å². The van der Waals surface area contributed by atoms with E-state index < -0.39 is 0 Å². The van der Waals surface area contributed by atoms with Crippen molar-refractivity contribution in [2.24, 2.45) is 5.92 Å². The number of hydrogen-bond donors (Lipinski definition) is 0. The molecule has 68 valence electrons. The van der Waals surface area contributed by atoms with Crippen LogP contribution < -0.4 is 4.74 Å². The van der Waals surface area contributed by atoms with Gasteiger partial charge in [0.2, 0.25) is 0 Å². The van der Waals surface area contributed by atoms with Crippen LogP contribution >= 0.6 is 0 Å². The lowest BCUT2D eigenvalue weighted by Gasteiger charge is -2.12. The molecule has 1 aliphatic carbocycles. The van der Waals surface area contributed by atoms with Gasteiger partial charge in [-0.2, -0.15) is 0 Å². The molecule has 0 aromatic heterocycles. The molecular weight excluding hydrogens is 180 g/mol. The van der Waals surface area contributed by atoms with Gasteiger partial charge in [-0.3, -0.25) is 4.79 Å². The molecule has 14 heavy (non-hydrogen) atoms. The molecular formula is C11H6O3. The van der Waals surface area contributed by atoms with Crippen LogP contribution in [0.2, 0.25) is 0 Å². The van der Waals surface area contributed by atoms with Gasteiger partial charge in [0.1, 0.15) is 17.6 Å². The average molecular weight is 186 g/mol. The molecule has 1 fully saturated rings. The van der Waals surface area contributed by atoms with E-state index in [0.29, 0.717) is 11.3 Å². The van der Waals surface area contributed by atoms with Crippen LogP contribution in [-0.2, 0) is 9.59 Å². The third kappa shape index (κ3) is 0.771. The van der Waals surface area contributed by atoms with E-state index in [1.165, 1.54) is 0 Å². The largest absolute Gasteiger partial charge is 0.426 e. The summed E-state index contributed by atoms with van der Waals surface area (Å²) < 4.78 is 5.08. The molecule has 3 heteroatoms. The number of rotatable bonds is 0. The highest BCUT2D eigenvalue weighted by atomic mass is 16.5. The number of para-hydroxylation sites is 1. The molecule has 1 aromatic rings. The monoisotopic (exact) mass is 186 g/mol. The fourth-order valence-electron chi connectivity index (χ4n) is 2.00. The van der Waals surface area contributed by atoms with E-state index in [9.17, 15) is 9.59 Å². The van der Waals surface area contributed by atoms with E-state index in [4.69, 9.17) is 4.74 Å². The topological polar surface area (TPSA) is 43.4 Å². The van der Waals surface area contributed by atoms with Gasteiger partial charge in [-0.15, -0.1) is 0 Å². The minimum Gasteiger partial charge on any atom is -0.426 e. The van der Waals surface area contributed by atoms with Crippen LogP contribution in [0, 0.1) is 5.92 Å². The number of hydrogen-bond acceptors (Lipinski definition) is 3. The van der Waals surface area contributed by atoms with E-state index in [1.807, 2.05) is 18.1 Å². The second-order valence-electron chi connectivity index (χ2n) is 3.47. The van der Waals surface area contributed by atoms with Gasteiger partial charge in [0.05, 0.1) is 0 Å². The molecule has 1 saturated carbocycles. The van der Waals surface area contributed by atoms with Crippen molar-refractivity contribution in [2.75, 3.05) is 0 Å². The molecule has 0 bridgehead atoms. The van der Waals surface area contributed by atoms with Crippen molar-refractivity contribution in [1.82, 2.24) is 0 Å². The van der Waals surface area contributed by atoms with Gasteiger partial charge >= 0.3 is 5.97 Å². The molecule has 3 nitrogen and oxygen atoms in total. The second kappa shape index (κ2) is 2.34. The van der Waals surface area contributed by atoms with Crippen LogP contribution in [0.25, 0.3) is 0 Å². The minimum absolute atomic E-state index is 0.0649. The van der Waals surface area contributed by atoms with Gasteiger partial charge in [0.25, 0.3) is 0 Å². The van der Waals surface area contributed by atoms with E-state index >= 15 is 0 Å². The molecule has 3 rings (SSSR count). The molecule has 0 radical (unpaired) electrons. The lowest BCUT2D eigenvalue weighted by atomic mass is 10.1. The zero-order valence-electron chi connectivity index (χ0n) is 7.19. The number of carbonyl (C=O) groups excluding carboxylic acids is 2. The first kappa shape index (κ1) is 7.54. The Morgan fingerprint density at radius 2 is 2.00 bits per heavy atom. The summed E-state index contributed by atoms with van der Waals surface area (Å²) >= 11 is 0. The Morgan fingerprint density at radius 3 is 2.79 bits per heavy atom. The van der Waals surface area contributed by atoms with E-state index in [2.05, 4.69) is 0 Å². The maximum Gasteiger partial charge on any atom is 0.320 e. The number of carbonyl (C=O) groups is 1. The molecule has 0 N–H and O–H groups in total. The zero-order valence-corrected chi connectivity index (χ0v) is 7.19. The van der Waals surface area contributed by atoms with Crippen molar-refractivity contribution in [1.29, 1.82) is 0 Å². The van der Waals surface area contributed by atoms with Crippen LogP contribution in [-0.4, -0.2) is 11.9 Å². The first-order chi connectivity index (χ1) is 6.83. The van der Waals surface area contributed by atoms with E-state index in [-0.39, 0.29) is 17.8 Å². The minimum atomic E-state index is -0.359. The number of fused-ring (bicyclic) bond motifs is 3. The van der Waals surface area contributed by atoms with Crippen molar-refractivity contribution in [3.63, 3.8) is 0 Å². The van der Waals surface area contributed by atoms with Crippen LogP contribution in [0.4, 0.5) is 0 Å². The number of benzene rings is 1. The fraction of sp³-hybridized carbons (Fsp3) is 0.182. The first-order valence-electron chi connectivity index (χ1n) is 4.38. The van der Waals surface area contributed by atoms with Gasteiger partial charge in [-0.1, -0.05) is 18.2 Å². The average Bonchev–Trinajstić information content (AvgIpc) is 2.93. The maximum atomic E-state index is 11.3. The Bertz CT molecular complexity index is 483. The van der Waals surface area contributed by atoms with Crippen molar-refractivity contribution < 1.29 is 14.3 Å². The summed E-state index contributed by atoms with van der Waals surface area (Å²) in [4.78, 5) is 21.9. The highest BCUT2D eigenvalue weighted by Gasteiger charge is 2.56. The third-order valence-electron chi connectivity index (χ3n) is 2.73. The summed E-state index contributed by atoms with van der Waals surface area (Å²) in [5, 5.41) is 0. The van der Waals surface area contributed by atoms with Crippen LogP contribution in [0.5, 0.6) is 5.75 Å². The summed E-state index contributed by atoms with van der Waals surface area (Å²) in [5.41, 5.74) is 1.45. The molecule has 1 aliphatic heterocycles. The van der Waals surface area contributed by atoms with Crippen LogP contribution in [0.1, 0.15) is 11.5 Å². The predicted octanol–water partition coefficient (Wildman–Crippen LogP) is 1.08. The van der Waals surface area contributed by atoms with E-state index in [0.717, 1.165) is 5.56 Å². The maximum absolute atomic E-state index is 11.3. The van der Waals surface area contributed by atoms with Gasteiger partial charge in [0, 0.05) is 17.1 Å². The molecule has 1 heterocycles. The third-order valence-corrected chi connectivity index (χ3v) is 2.73. The van der Waals surface area contributed by atoms with Crippen molar-refractivity contribution in [3.05, 3.63) is 35.4 Å². The molecule has 0 amide bonds. The molecule has 0 saturated heterocycles. The smallest absolute Gasteiger partial charge is 0.320 e. The normalized spacial score (nSPS) is 27.1. The lowest BCUT2D eigenvalue weighted by molar-refractivity contribution is -0.136. The molecule has 2 unspecified atom stereocenters. The molecule has 2 aliphatic rings. The highest BCUT2D eigenvalue weighted by molar-refractivity contribution is 5.94. The van der Waals surface area contributed by atoms with Crippen molar-refractivity contribution >= 4 is 11.9 Å². The highest BCUT2D eigenvalue weighted by Crippen LogP contribution is 2.57. The summed E-state index contributed by atoms with van der Waals surface area (Å²) in [6, 6.07) is 7.29. The first-order valence-corrected chi connectivity index (χ1v) is 4.38. The van der Waals surface area contributed by atoms with Crippen LogP contribution in [0.15, 0.2) is 29.8 Å². The van der Waals surface area contributed by atoms with Crippen molar-refractivity contribution in [2.45, 2.75) is 5.92 Å².